The highest BCUT2D eigenvalue weighted by molar-refractivity contribution is 5.81. The molecule has 2 aromatic rings. The van der Waals surface area contributed by atoms with Crippen molar-refractivity contribution in [3.05, 3.63) is 77.4 Å². The standard InChI is InChI=1S/C26H34N4O/c1-27-26(30-17-11-24(12-18-30)23-5-3-2-4-6-23)28-19-21-7-9-22(10-8-21)20-29-15-13-25(31)14-16-29/h2-11,25,31H,12-20H2,1H3,(H,27,28). The summed E-state index contributed by atoms with van der Waals surface area (Å²) >= 11 is 0. The summed E-state index contributed by atoms with van der Waals surface area (Å²) in [4.78, 5) is 9.24. The third kappa shape index (κ3) is 5.96. The van der Waals surface area contributed by atoms with E-state index in [1.807, 2.05) is 7.05 Å². The fraction of sp³-hybridized carbons (Fsp3) is 0.423. The lowest BCUT2D eigenvalue weighted by Crippen LogP contribution is -2.43. The second-order valence-electron chi connectivity index (χ2n) is 8.52. The topological polar surface area (TPSA) is 51.1 Å². The summed E-state index contributed by atoms with van der Waals surface area (Å²) in [6.45, 7) is 5.56. The minimum Gasteiger partial charge on any atom is -0.393 e. The van der Waals surface area contributed by atoms with Gasteiger partial charge < -0.3 is 15.3 Å². The third-order valence-electron chi connectivity index (χ3n) is 6.30. The van der Waals surface area contributed by atoms with Crippen molar-refractivity contribution in [3.8, 4) is 0 Å². The largest absolute Gasteiger partial charge is 0.393 e. The second-order valence-corrected chi connectivity index (χ2v) is 8.52. The SMILES string of the molecule is CN=C(NCc1ccc(CN2CCC(O)CC2)cc1)N1CC=C(c2ccccc2)CC1. The Kier molecular flexibility index (Phi) is 7.39. The lowest BCUT2D eigenvalue weighted by molar-refractivity contribution is 0.0792. The van der Waals surface area contributed by atoms with E-state index in [0.29, 0.717) is 0 Å². The average molecular weight is 419 g/mol. The molecule has 0 aromatic heterocycles. The van der Waals surface area contributed by atoms with E-state index < -0.39 is 0 Å². The van der Waals surface area contributed by atoms with E-state index in [2.05, 4.69) is 80.8 Å². The fourth-order valence-corrected chi connectivity index (χ4v) is 4.39. The molecule has 0 spiro atoms. The number of hydrogen-bond donors (Lipinski definition) is 2. The molecule has 5 nitrogen and oxygen atoms in total. The molecule has 2 heterocycles. The van der Waals surface area contributed by atoms with Gasteiger partial charge in [0.15, 0.2) is 5.96 Å². The molecule has 0 atom stereocenters. The molecule has 0 amide bonds. The van der Waals surface area contributed by atoms with E-state index in [1.54, 1.807) is 0 Å². The fourth-order valence-electron chi connectivity index (χ4n) is 4.39. The van der Waals surface area contributed by atoms with Crippen LogP contribution < -0.4 is 5.32 Å². The molecule has 0 aliphatic carbocycles. The summed E-state index contributed by atoms with van der Waals surface area (Å²) in [6.07, 6.45) is 5.02. The van der Waals surface area contributed by atoms with E-state index in [-0.39, 0.29) is 6.10 Å². The van der Waals surface area contributed by atoms with Crippen molar-refractivity contribution in [2.45, 2.75) is 38.5 Å². The Morgan fingerprint density at radius 1 is 1.00 bits per heavy atom. The van der Waals surface area contributed by atoms with Gasteiger partial charge in [0.1, 0.15) is 0 Å². The Bertz CT molecular complexity index is 883. The van der Waals surface area contributed by atoms with E-state index in [4.69, 9.17) is 0 Å². The number of benzene rings is 2. The normalized spacial score (nSPS) is 18.7. The summed E-state index contributed by atoms with van der Waals surface area (Å²) in [5, 5.41) is 13.2. The van der Waals surface area contributed by atoms with Crippen LogP contribution in [0.4, 0.5) is 0 Å². The zero-order valence-corrected chi connectivity index (χ0v) is 18.5. The summed E-state index contributed by atoms with van der Waals surface area (Å²) < 4.78 is 0. The van der Waals surface area contributed by atoms with Gasteiger partial charge in [-0.2, -0.15) is 0 Å². The summed E-state index contributed by atoms with van der Waals surface area (Å²) in [5.74, 6) is 0.958. The van der Waals surface area contributed by atoms with Crippen molar-refractivity contribution in [1.29, 1.82) is 0 Å². The number of aliphatic hydroxyl groups is 1. The molecule has 1 fully saturated rings. The van der Waals surface area contributed by atoms with Crippen LogP contribution in [0.1, 0.15) is 36.0 Å². The minimum atomic E-state index is -0.112. The van der Waals surface area contributed by atoms with Crippen molar-refractivity contribution in [2.24, 2.45) is 4.99 Å². The molecule has 2 aliphatic heterocycles. The number of guanidine groups is 1. The van der Waals surface area contributed by atoms with Gasteiger partial charge in [-0.05, 0) is 41.5 Å². The first-order valence-electron chi connectivity index (χ1n) is 11.4. The van der Waals surface area contributed by atoms with Crippen LogP contribution in [0.15, 0.2) is 65.7 Å². The molecule has 1 saturated heterocycles. The van der Waals surface area contributed by atoms with E-state index >= 15 is 0 Å². The van der Waals surface area contributed by atoms with E-state index in [9.17, 15) is 5.11 Å². The number of nitrogens with zero attached hydrogens (tertiary/aromatic N) is 3. The first-order valence-corrected chi connectivity index (χ1v) is 11.4. The lowest BCUT2D eigenvalue weighted by Gasteiger charge is -2.30. The molecule has 31 heavy (non-hydrogen) atoms. The van der Waals surface area contributed by atoms with Crippen molar-refractivity contribution in [2.75, 3.05) is 33.2 Å². The second kappa shape index (κ2) is 10.6. The maximum Gasteiger partial charge on any atom is 0.194 e. The maximum absolute atomic E-state index is 9.66. The molecule has 164 valence electrons. The van der Waals surface area contributed by atoms with Crippen molar-refractivity contribution in [1.82, 2.24) is 15.1 Å². The van der Waals surface area contributed by atoms with Crippen molar-refractivity contribution >= 4 is 11.5 Å². The highest BCUT2D eigenvalue weighted by Gasteiger charge is 2.17. The molecular formula is C26H34N4O. The van der Waals surface area contributed by atoms with Gasteiger partial charge in [0.05, 0.1) is 6.10 Å². The zero-order chi connectivity index (χ0) is 21.5. The van der Waals surface area contributed by atoms with E-state index in [0.717, 1.165) is 64.5 Å². The third-order valence-corrected chi connectivity index (χ3v) is 6.30. The van der Waals surface area contributed by atoms with Crippen molar-refractivity contribution in [3.63, 3.8) is 0 Å². The molecule has 2 aromatic carbocycles. The smallest absolute Gasteiger partial charge is 0.194 e. The highest BCUT2D eigenvalue weighted by atomic mass is 16.3. The number of aliphatic imine (C=N–C) groups is 1. The van der Waals surface area contributed by atoms with Gasteiger partial charge in [-0.25, -0.2) is 0 Å². The monoisotopic (exact) mass is 418 g/mol. The summed E-state index contributed by atoms with van der Waals surface area (Å²) in [5.41, 5.74) is 5.34. The van der Waals surface area contributed by atoms with Crippen LogP contribution in [0.3, 0.4) is 0 Å². The van der Waals surface area contributed by atoms with Crippen molar-refractivity contribution < 1.29 is 5.11 Å². The number of aliphatic hydroxyl groups excluding tert-OH is 1. The van der Waals surface area contributed by atoms with Crippen LogP contribution in [0.2, 0.25) is 0 Å². The first kappa shape index (κ1) is 21.6. The average Bonchev–Trinajstić information content (AvgIpc) is 2.83. The molecular weight excluding hydrogens is 384 g/mol. The van der Waals surface area contributed by atoms with Crippen LogP contribution >= 0.6 is 0 Å². The Morgan fingerprint density at radius 2 is 1.71 bits per heavy atom. The molecule has 2 N–H and O–H groups in total. The van der Waals surface area contributed by atoms with Gasteiger partial charge in [0.25, 0.3) is 0 Å². The Morgan fingerprint density at radius 3 is 2.35 bits per heavy atom. The number of likely N-dealkylation sites (tertiary alicyclic amines) is 1. The summed E-state index contributed by atoms with van der Waals surface area (Å²) in [6, 6.07) is 19.5. The van der Waals surface area contributed by atoms with Gasteiger partial charge in [-0.3, -0.25) is 9.89 Å². The molecule has 4 rings (SSSR count). The zero-order valence-electron chi connectivity index (χ0n) is 18.5. The van der Waals surface area contributed by atoms with Crippen LogP contribution in [0.5, 0.6) is 0 Å². The minimum absolute atomic E-state index is 0.112. The number of hydrogen-bond acceptors (Lipinski definition) is 3. The Balaban J connectivity index is 1.27. The van der Waals surface area contributed by atoms with Crippen LogP contribution in [-0.4, -0.2) is 60.2 Å². The Labute approximate surface area is 186 Å². The number of rotatable bonds is 5. The van der Waals surface area contributed by atoms with Gasteiger partial charge in [0.2, 0.25) is 0 Å². The number of piperidine rings is 1. The molecule has 0 radical (unpaired) electrons. The highest BCUT2D eigenvalue weighted by Crippen LogP contribution is 2.22. The maximum atomic E-state index is 9.66. The molecule has 0 bridgehead atoms. The molecule has 0 saturated carbocycles. The van der Waals surface area contributed by atoms with Crippen LogP contribution in [0, 0.1) is 0 Å². The lowest BCUT2D eigenvalue weighted by atomic mass is 10.00. The van der Waals surface area contributed by atoms with Gasteiger partial charge >= 0.3 is 0 Å². The van der Waals surface area contributed by atoms with Gasteiger partial charge in [-0.15, -0.1) is 0 Å². The quantitative estimate of drug-likeness (QED) is 0.576. The predicted molar refractivity (Wildman–Crippen MR) is 128 cm³/mol. The van der Waals surface area contributed by atoms with Gasteiger partial charge in [-0.1, -0.05) is 60.7 Å². The summed E-state index contributed by atoms with van der Waals surface area (Å²) in [7, 11) is 1.86. The molecule has 0 unspecified atom stereocenters. The number of nitrogens with one attached hydrogen (secondary N) is 1. The first-order chi connectivity index (χ1) is 15.2. The van der Waals surface area contributed by atoms with Crippen LogP contribution in [-0.2, 0) is 13.1 Å². The van der Waals surface area contributed by atoms with Crippen LogP contribution in [0.25, 0.3) is 5.57 Å². The molecule has 2 aliphatic rings. The molecule has 5 heteroatoms. The van der Waals surface area contributed by atoms with E-state index in [1.165, 1.54) is 22.3 Å². The van der Waals surface area contributed by atoms with Gasteiger partial charge in [0, 0.05) is 46.3 Å². The predicted octanol–water partition coefficient (Wildman–Crippen LogP) is 3.51. The Hall–Kier alpha value is -2.63.